The third-order valence-corrected chi connectivity index (χ3v) is 8.07. The molecule has 0 aromatic rings. The van der Waals surface area contributed by atoms with Gasteiger partial charge in [0.15, 0.2) is 0 Å². The standard InChI is InChI=1S/3C11H22O2.2Y/c3*1-6-8(2)9(12)7-10(13)11(3,4)5;;/h3*8-10H,6-7H2,1-5H3;;/q3*-2;2*+3. The Hall–Kier alpha value is 1.97. The summed E-state index contributed by atoms with van der Waals surface area (Å²) in [6.45, 7) is 28.8. The van der Waals surface area contributed by atoms with Crippen LogP contribution in [0.25, 0.3) is 0 Å². The number of rotatable bonds is 12. The SMILES string of the molecule is CCC(C)C([O-])CC([O-])C(C)(C)C.CCC(C)C([O-])CC([O-])C(C)(C)C.CCC(C)C([O-])CC([O-])C(C)(C)C.[Y+3].[Y+3]. The summed E-state index contributed by atoms with van der Waals surface area (Å²) in [6.07, 6.45) is -0.876. The van der Waals surface area contributed by atoms with Crippen LogP contribution in [-0.2, 0) is 65.4 Å². The quantitative estimate of drug-likeness (QED) is 0.302. The molecule has 0 rings (SSSR count). The van der Waals surface area contributed by atoms with Crippen LogP contribution in [0.1, 0.15) is 142 Å². The van der Waals surface area contributed by atoms with Crippen LogP contribution < -0.4 is 30.6 Å². The predicted octanol–water partition coefficient (Wildman–Crippen LogP) is 2.77. The first-order valence-corrected chi connectivity index (χ1v) is 15.3. The van der Waals surface area contributed by atoms with Crippen molar-refractivity contribution in [2.45, 2.75) is 179 Å². The van der Waals surface area contributed by atoms with Gasteiger partial charge in [-0.1, -0.05) is 176 Å². The monoisotopic (exact) mass is 736 g/mol. The molecule has 0 N–H and O–H groups in total. The second kappa shape index (κ2) is 25.1. The molecule has 9 unspecified atom stereocenters. The van der Waals surface area contributed by atoms with Gasteiger partial charge < -0.3 is 30.6 Å². The van der Waals surface area contributed by atoms with Gasteiger partial charge in [-0.05, 0) is 0 Å². The minimum atomic E-state index is -0.732. The van der Waals surface area contributed by atoms with Gasteiger partial charge in [0.05, 0.1) is 0 Å². The van der Waals surface area contributed by atoms with Gasteiger partial charge >= 0.3 is 65.4 Å². The van der Waals surface area contributed by atoms with Crippen LogP contribution >= 0.6 is 0 Å². The van der Waals surface area contributed by atoms with Crippen LogP contribution in [0.5, 0.6) is 0 Å². The van der Waals surface area contributed by atoms with E-state index in [-0.39, 0.29) is 119 Å². The van der Waals surface area contributed by atoms with Gasteiger partial charge in [0.25, 0.3) is 0 Å². The van der Waals surface area contributed by atoms with E-state index in [2.05, 4.69) is 0 Å². The third-order valence-electron chi connectivity index (χ3n) is 8.07. The molecule has 0 heterocycles. The maximum absolute atomic E-state index is 11.6. The Morgan fingerprint density at radius 1 is 0.390 bits per heavy atom. The molecule has 9 atom stereocenters. The van der Waals surface area contributed by atoms with Gasteiger partial charge in [0.2, 0.25) is 0 Å². The van der Waals surface area contributed by atoms with Crippen LogP contribution in [0.2, 0.25) is 0 Å². The van der Waals surface area contributed by atoms with Gasteiger partial charge in [-0.15, -0.1) is 36.6 Å². The smallest absolute Gasteiger partial charge is 0.852 e. The van der Waals surface area contributed by atoms with Crippen molar-refractivity contribution >= 4 is 0 Å². The van der Waals surface area contributed by atoms with Crippen molar-refractivity contribution in [2.24, 2.45) is 34.0 Å². The van der Waals surface area contributed by atoms with Crippen molar-refractivity contribution in [2.75, 3.05) is 0 Å². The second-order valence-corrected chi connectivity index (χ2v) is 15.0. The maximum Gasteiger partial charge on any atom is 3.00 e. The van der Waals surface area contributed by atoms with Crippen molar-refractivity contribution in [3.8, 4) is 0 Å². The molecule has 0 amide bonds. The van der Waals surface area contributed by atoms with Crippen molar-refractivity contribution in [3.63, 3.8) is 0 Å². The van der Waals surface area contributed by atoms with E-state index in [0.29, 0.717) is 0 Å². The van der Waals surface area contributed by atoms with Crippen molar-refractivity contribution in [1.82, 2.24) is 0 Å². The first-order valence-electron chi connectivity index (χ1n) is 15.3. The van der Waals surface area contributed by atoms with Gasteiger partial charge in [-0.3, -0.25) is 0 Å². The Morgan fingerprint density at radius 2 is 0.537 bits per heavy atom. The fourth-order valence-corrected chi connectivity index (χ4v) is 3.18. The second-order valence-electron chi connectivity index (χ2n) is 15.0. The Balaban J connectivity index is -0.000000154. The molecular weight excluding hydrogens is 670 g/mol. The fourth-order valence-electron chi connectivity index (χ4n) is 3.18. The molecule has 0 bridgehead atoms. The van der Waals surface area contributed by atoms with Gasteiger partial charge in [0.1, 0.15) is 0 Å². The number of hydrogen-bond donors (Lipinski definition) is 0. The molecule has 8 heteroatoms. The molecule has 0 radical (unpaired) electrons. The van der Waals surface area contributed by atoms with E-state index in [9.17, 15) is 30.6 Å². The summed E-state index contributed by atoms with van der Waals surface area (Å²) in [5, 5.41) is 69.3. The summed E-state index contributed by atoms with van der Waals surface area (Å²) >= 11 is 0. The molecule has 0 aliphatic heterocycles. The normalized spacial score (nSPS) is 18.7. The molecule has 41 heavy (non-hydrogen) atoms. The average Bonchev–Trinajstić information content (AvgIpc) is 2.80. The van der Waals surface area contributed by atoms with Crippen molar-refractivity contribution in [3.05, 3.63) is 0 Å². The molecule has 0 spiro atoms. The van der Waals surface area contributed by atoms with Gasteiger partial charge in [-0.2, -0.15) is 0 Å². The van der Waals surface area contributed by atoms with Crippen LogP contribution in [0.4, 0.5) is 0 Å². The summed E-state index contributed by atoms with van der Waals surface area (Å²) in [7, 11) is 0. The molecule has 240 valence electrons. The summed E-state index contributed by atoms with van der Waals surface area (Å²) < 4.78 is 0. The van der Waals surface area contributed by atoms with E-state index in [1.54, 1.807) is 0 Å². The molecule has 0 aromatic heterocycles. The Bertz CT molecular complexity index is 505. The molecule has 0 fully saturated rings. The van der Waals surface area contributed by atoms with Crippen molar-refractivity contribution < 1.29 is 96.1 Å². The summed E-state index contributed by atoms with van der Waals surface area (Å²) in [5.41, 5.74) is -0.845. The Kier molecular flexibility index (Phi) is 32.1. The minimum absolute atomic E-state index is 0. The number of hydrogen-bond acceptors (Lipinski definition) is 6. The first kappa shape index (κ1) is 52.5. The Morgan fingerprint density at radius 3 is 0.634 bits per heavy atom. The summed E-state index contributed by atoms with van der Waals surface area (Å²) in [6, 6.07) is 0. The van der Waals surface area contributed by atoms with E-state index >= 15 is 0 Å². The van der Waals surface area contributed by atoms with E-state index in [1.165, 1.54) is 0 Å². The average molecular weight is 737 g/mol. The zero-order chi connectivity index (χ0) is 31.9. The van der Waals surface area contributed by atoms with Gasteiger partial charge in [0, 0.05) is 0 Å². The zero-order valence-corrected chi connectivity index (χ0v) is 35.2. The van der Waals surface area contributed by atoms with E-state index in [4.69, 9.17) is 0 Å². The molecule has 6 nitrogen and oxygen atoms in total. The third kappa shape index (κ3) is 26.9. The van der Waals surface area contributed by atoms with Crippen LogP contribution in [0.15, 0.2) is 0 Å². The summed E-state index contributed by atoms with van der Waals surface area (Å²) in [5.74, 6) is 0.372. The van der Waals surface area contributed by atoms with E-state index < -0.39 is 36.6 Å². The molecular formula is C33H66O6Y2. The summed E-state index contributed by atoms with van der Waals surface area (Å²) in [4.78, 5) is 0. The molecule has 0 aromatic carbocycles. The largest absolute Gasteiger partial charge is 3.00 e. The maximum atomic E-state index is 11.6. The molecule has 0 saturated carbocycles. The van der Waals surface area contributed by atoms with Gasteiger partial charge in [-0.25, -0.2) is 0 Å². The van der Waals surface area contributed by atoms with Crippen LogP contribution in [0.3, 0.4) is 0 Å². The molecule has 0 aliphatic rings. The minimum Gasteiger partial charge on any atom is -0.852 e. The van der Waals surface area contributed by atoms with Crippen LogP contribution in [0, 0.1) is 34.0 Å². The topological polar surface area (TPSA) is 138 Å². The van der Waals surface area contributed by atoms with Crippen LogP contribution in [-0.4, -0.2) is 36.6 Å². The van der Waals surface area contributed by atoms with E-state index in [0.717, 1.165) is 19.3 Å². The van der Waals surface area contributed by atoms with Crippen molar-refractivity contribution in [1.29, 1.82) is 0 Å². The Labute approximate surface area is 306 Å². The zero-order valence-electron chi connectivity index (χ0n) is 29.5. The van der Waals surface area contributed by atoms with E-state index in [1.807, 2.05) is 104 Å². The first-order chi connectivity index (χ1) is 17.4. The molecule has 0 saturated heterocycles. The fraction of sp³-hybridized carbons (Fsp3) is 1.00. The molecule has 0 aliphatic carbocycles. The predicted molar refractivity (Wildman–Crippen MR) is 153 cm³/mol.